The SMILES string of the molecule is CCC1SC(=O)N(Cc2ccc(NC(=O)c3ccccn3)cc2)N=C1c1ccc(OC)c(OC2CCCC2)c1. The number of benzene rings is 2. The van der Waals surface area contributed by atoms with Crippen molar-refractivity contribution in [3.8, 4) is 11.5 Å². The molecule has 1 saturated carbocycles. The standard InChI is InChI=1S/C30H32N4O4S/c1-3-27-28(21-13-16-25(37-2)26(18-21)38-23-8-4-5-9-23)33-34(30(36)39-27)19-20-11-14-22(15-12-20)32-29(35)24-10-6-7-17-31-24/h6-7,10-18,23,27H,3-5,8-9,19H2,1-2H3,(H,32,35). The summed E-state index contributed by atoms with van der Waals surface area (Å²) in [6, 6.07) is 18.5. The Morgan fingerprint density at radius 2 is 1.87 bits per heavy atom. The number of nitrogens with one attached hydrogen (secondary N) is 1. The van der Waals surface area contributed by atoms with Crippen LogP contribution in [-0.4, -0.2) is 45.3 Å². The van der Waals surface area contributed by atoms with Gasteiger partial charge in [-0.1, -0.05) is 36.9 Å². The van der Waals surface area contributed by atoms with Crippen LogP contribution in [-0.2, 0) is 6.54 Å². The molecule has 1 atom stereocenters. The molecule has 9 heteroatoms. The van der Waals surface area contributed by atoms with Gasteiger partial charge in [-0.05, 0) is 80.1 Å². The molecule has 5 rings (SSSR count). The predicted molar refractivity (Wildman–Crippen MR) is 154 cm³/mol. The third-order valence-corrected chi connectivity index (χ3v) is 8.11. The van der Waals surface area contributed by atoms with Crippen molar-refractivity contribution < 1.29 is 19.1 Å². The van der Waals surface area contributed by atoms with Crippen LogP contribution in [0.5, 0.6) is 11.5 Å². The molecule has 39 heavy (non-hydrogen) atoms. The van der Waals surface area contributed by atoms with Crippen molar-refractivity contribution in [3.63, 3.8) is 0 Å². The predicted octanol–water partition coefficient (Wildman–Crippen LogP) is 6.52. The van der Waals surface area contributed by atoms with E-state index in [1.165, 1.54) is 29.6 Å². The van der Waals surface area contributed by atoms with Gasteiger partial charge >= 0.3 is 5.24 Å². The van der Waals surface area contributed by atoms with Crippen LogP contribution in [0, 0.1) is 0 Å². The molecule has 2 heterocycles. The van der Waals surface area contributed by atoms with Gasteiger partial charge < -0.3 is 14.8 Å². The molecule has 0 spiro atoms. The Kier molecular flexibility index (Phi) is 8.46. The molecule has 2 aromatic carbocycles. The van der Waals surface area contributed by atoms with E-state index in [4.69, 9.17) is 14.6 Å². The Labute approximate surface area is 232 Å². The molecular weight excluding hydrogens is 512 g/mol. The van der Waals surface area contributed by atoms with Gasteiger partial charge in [0.25, 0.3) is 5.91 Å². The Morgan fingerprint density at radius 3 is 2.56 bits per heavy atom. The van der Waals surface area contributed by atoms with E-state index in [2.05, 4.69) is 17.2 Å². The number of hydrogen-bond acceptors (Lipinski definition) is 7. The molecule has 1 N–H and O–H groups in total. The number of nitrogens with zero attached hydrogens (tertiary/aromatic N) is 3. The van der Waals surface area contributed by atoms with E-state index >= 15 is 0 Å². The number of amides is 2. The molecule has 2 aliphatic rings. The summed E-state index contributed by atoms with van der Waals surface area (Å²) in [6.07, 6.45) is 7.03. The lowest BCUT2D eigenvalue weighted by molar-refractivity contribution is 0.102. The van der Waals surface area contributed by atoms with E-state index in [0.29, 0.717) is 23.7 Å². The summed E-state index contributed by atoms with van der Waals surface area (Å²) in [5.74, 6) is 1.14. The first-order valence-electron chi connectivity index (χ1n) is 13.3. The number of methoxy groups -OCH3 is 1. The second-order valence-electron chi connectivity index (χ2n) is 9.58. The molecule has 1 aliphatic heterocycles. The van der Waals surface area contributed by atoms with Gasteiger partial charge in [-0.2, -0.15) is 5.10 Å². The van der Waals surface area contributed by atoms with E-state index in [0.717, 1.165) is 41.9 Å². The van der Waals surface area contributed by atoms with Crippen molar-refractivity contribution in [2.24, 2.45) is 5.10 Å². The fourth-order valence-corrected chi connectivity index (χ4v) is 5.70. The fourth-order valence-electron chi connectivity index (χ4n) is 4.77. The number of hydrazone groups is 1. The molecule has 1 fully saturated rings. The molecule has 202 valence electrons. The summed E-state index contributed by atoms with van der Waals surface area (Å²) >= 11 is 1.29. The summed E-state index contributed by atoms with van der Waals surface area (Å²) in [5, 5.41) is 9.04. The van der Waals surface area contributed by atoms with Crippen molar-refractivity contribution in [2.75, 3.05) is 12.4 Å². The average molecular weight is 545 g/mol. The highest BCUT2D eigenvalue weighted by atomic mass is 32.2. The number of carbonyl (C=O) groups excluding carboxylic acids is 2. The smallest absolute Gasteiger partial charge is 0.302 e. The zero-order valence-electron chi connectivity index (χ0n) is 22.1. The van der Waals surface area contributed by atoms with Crippen LogP contribution >= 0.6 is 11.8 Å². The van der Waals surface area contributed by atoms with Crippen LogP contribution < -0.4 is 14.8 Å². The minimum Gasteiger partial charge on any atom is -0.493 e. The number of ether oxygens (including phenoxy) is 2. The molecule has 2 amide bonds. The van der Waals surface area contributed by atoms with Gasteiger partial charge in [0.05, 0.1) is 30.7 Å². The zero-order valence-corrected chi connectivity index (χ0v) is 22.9. The van der Waals surface area contributed by atoms with Crippen LogP contribution in [0.2, 0.25) is 0 Å². The topological polar surface area (TPSA) is 93.1 Å². The maximum Gasteiger partial charge on any atom is 0.302 e. The van der Waals surface area contributed by atoms with E-state index < -0.39 is 0 Å². The van der Waals surface area contributed by atoms with Gasteiger partial charge in [-0.3, -0.25) is 14.6 Å². The molecule has 8 nitrogen and oxygen atoms in total. The van der Waals surface area contributed by atoms with Crippen LogP contribution in [0.15, 0.2) is 72.0 Å². The molecule has 1 unspecified atom stereocenters. The van der Waals surface area contributed by atoms with Crippen LogP contribution in [0.25, 0.3) is 0 Å². The van der Waals surface area contributed by atoms with E-state index in [-0.39, 0.29) is 22.5 Å². The number of pyridine rings is 1. The van der Waals surface area contributed by atoms with Crippen LogP contribution in [0.4, 0.5) is 10.5 Å². The highest BCUT2D eigenvalue weighted by Gasteiger charge is 2.31. The Bertz CT molecular complexity index is 1340. The van der Waals surface area contributed by atoms with E-state index in [1.54, 1.807) is 31.5 Å². The molecule has 1 aromatic heterocycles. The number of aromatic nitrogens is 1. The maximum atomic E-state index is 13.0. The first-order valence-corrected chi connectivity index (χ1v) is 14.1. The van der Waals surface area contributed by atoms with Crippen LogP contribution in [0.3, 0.4) is 0 Å². The molecule has 0 bridgehead atoms. The zero-order chi connectivity index (χ0) is 27.2. The average Bonchev–Trinajstić information content (AvgIpc) is 3.48. The normalized spacial score (nSPS) is 17.6. The third kappa shape index (κ3) is 6.42. The monoisotopic (exact) mass is 544 g/mol. The lowest BCUT2D eigenvalue weighted by Crippen LogP contribution is -2.34. The number of carbonyl (C=O) groups is 2. The summed E-state index contributed by atoms with van der Waals surface area (Å²) in [4.78, 5) is 29.4. The second-order valence-corrected chi connectivity index (χ2v) is 10.7. The number of thioether (sulfide) groups is 1. The molecule has 3 aromatic rings. The summed E-state index contributed by atoms with van der Waals surface area (Å²) in [7, 11) is 1.65. The van der Waals surface area contributed by atoms with Gasteiger partial charge in [-0.15, -0.1) is 0 Å². The Balaban J connectivity index is 1.33. The lowest BCUT2D eigenvalue weighted by atomic mass is 10.0. The highest BCUT2D eigenvalue weighted by molar-refractivity contribution is 8.14. The summed E-state index contributed by atoms with van der Waals surface area (Å²) < 4.78 is 11.9. The quantitative estimate of drug-likeness (QED) is 0.330. The van der Waals surface area contributed by atoms with Crippen molar-refractivity contribution in [1.29, 1.82) is 0 Å². The fraction of sp³-hybridized carbons (Fsp3) is 0.333. The molecule has 1 aliphatic carbocycles. The Morgan fingerprint density at radius 1 is 1.08 bits per heavy atom. The number of anilines is 1. The van der Waals surface area contributed by atoms with Gasteiger partial charge in [0.2, 0.25) is 0 Å². The maximum absolute atomic E-state index is 13.0. The number of rotatable bonds is 9. The second kappa shape index (κ2) is 12.3. The molecule has 0 radical (unpaired) electrons. The lowest BCUT2D eigenvalue weighted by Gasteiger charge is -2.29. The van der Waals surface area contributed by atoms with Crippen molar-refractivity contribution in [3.05, 3.63) is 83.7 Å². The van der Waals surface area contributed by atoms with Gasteiger partial charge in [0, 0.05) is 17.4 Å². The minimum atomic E-state index is -0.276. The minimum absolute atomic E-state index is 0.0503. The van der Waals surface area contributed by atoms with Crippen LogP contribution in [0.1, 0.15) is 60.6 Å². The van der Waals surface area contributed by atoms with E-state index in [1.807, 2.05) is 42.5 Å². The number of hydrogen-bond donors (Lipinski definition) is 1. The highest BCUT2D eigenvalue weighted by Crippen LogP contribution is 2.36. The summed E-state index contributed by atoms with van der Waals surface area (Å²) in [5.41, 5.74) is 3.67. The molecular formula is C30H32N4O4S. The van der Waals surface area contributed by atoms with Crippen molar-refractivity contribution in [1.82, 2.24) is 9.99 Å². The first kappa shape index (κ1) is 26.7. The van der Waals surface area contributed by atoms with Gasteiger partial charge in [0.1, 0.15) is 5.69 Å². The van der Waals surface area contributed by atoms with Crippen molar-refractivity contribution >= 4 is 34.3 Å². The third-order valence-electron chi connectivity index (χ3n) is 6.85. The van der Waals surface area contributed by atoms with Crippen molar-refractivity contribution in [2.45, 2.75) is 56.9 Å². The Hall–Kier alpha value is -3.85. The largest absolute Gasteiger partial charge is 0.493 e. The van der Waals surface area contributed by atoms with Gasteiger partial charge in [-0.25, -0.2) is 5.01 Å². The summed E-state index contributed by atoms with van der Waals surface area (Å²) in [6.45, 7) is 2.38. The van der Waals surface area contributed by atoms with E-state index in [9.17, 15) is 9.59 Å². The van der Waals surface area contributed by atoms with Gasteiger partial charge in [0.15, 0.2) is 11.5 Å². The molecule has 0 saturated heterocycles. The first-order chi connectivity index (χ1) is 19.0.